The molecule has 3 N–H and O–H groups in total. The van der Waals surface area contributed by atoms with Gasteiger partial charge >= 0.3 is 0 Å². The quantitative estimate of drug-likeness (QED) is 0.327. The number of H-pyrrole nitrogens is 1. The number of nitriles is 1. The average Bonchev–Trinajstić information content (AvgIpc) is 3.41. The van der Waals surface area contributed by atoms with Gasteiger partial charge in [0.25, 0.3) is 0 Å². The Morgan fingerprint density at radius 2 is 1.83 bits per heavy atom. The van der Waals surface area contributed by atoms with Crippen molar-refractivity contribution in [3.8, 4) is 17.2 Å². The summed E-state index contributed by atoms with van der Waals surface area (Å²) >= 11 is 0. The first-order valence-electron chi connectivity index (χ1n) is 12.7. The summed E-state index contributed by atoms with van der Waals surface area (Å²) < 4.78 is 0. The molecule has 2 aromatic heterocycles. The molecule has 2 saturated heterocycles. The van der Waals surface area contributed by atoms with Crippen LogP contribution in [0.3, 0.4) is 0 Å². The van der Waals surface area contributed by atoms with Crippen molar-refractivity contribution in [2.45, 2.75) is 57.2 Å². The fraction of sp³-hybridized carbons (Fsp3) is 0.357. The maximum absolute atomic E-state index is 9.03. The van der Waals surface area contributed by atoms with Crippen molar-refractivity contribution >= 4 is 28.5 Å². The van der Waals surface area contributed by atoms with E-state index in [-0.39, 0.29) is 0 Å². The molecular weight excluding hydrogens is 448 g/mol. The smallest absolute Gasteiger partial charge is 0.225 e. The summed E-state index contributed by atoms with van der Waals surface area (Å²) in [6, 6.07) is 22.3. The molecule has 6 rings (SSSR count). The molecule has 4 aromatic rings. The van der Waals surface area contributed by atoms with Gasteiger partial charge in [-0.3, -0.25) is 10.00 Å². The predicted molar refractivity (Wildman–Crippen MR) is 142 cm³/mol. The second-order valence-corrected chi connectivity index (χ2v) is 9.90. The van der Waals surface area contributed by atoms with Crippen LogP contribution in [0.5, 0.6) is 0 Å². The molecule has 0 aliphatic carbocycles. The van der Waals surface area contributed by atoms with Crippen LogP contribution >= 0.6 is 0 Å². The minimum atomic E-state index is 0.316. The third-order valence-electron chi connectivity index (χ3n) is 7.46. The van der Waals surface area contributed by atoms with Crippen molar-refractivity contribution in [1.82, 2.24) is 25.1 Å². The summed E-state index contributed by atoms with van der Waals surface area (Å²) in [6.07, 6.45) is 5.12. The lowest BCUT2D eigenvalue weighted by molar-refractivity contribution is 0.135. The Morgan fingerprint density at radius 1 is 1.03 bits per heavy atom. The maximum atomic E-state index is 9.03. The van der Waals surface area contributed by atoms with Gasteiger partial charge in [0.1, 0.15) is 5.82 Å². The lowest BCUT2D eigenvalue weighted by Gasteiger charge is -2.38. The Balaban J connectivity index is 1.31. The van der Waals surface area contributed by atoms with Gasteiger partial charge in [-0.1, -0.05) is 36.4 Å². The van der Waals surface area contributed by atoms with Crippen LogP contribution in [0, 0.1) is 18.3 Å². The van der Waals surface area contributed by atoms with E-state index < -0.39 is 0 Å². The first-order chi connectivity index (χ1) is 17.7. The molecule has 0 saturated carbocycles. The molecule has 0 radical (unpaired) electrons. The molecule has 0 spiro atoms. The van der Waals surface area contributed by atoms with E-state index in [1.807, 2.05) is 19.1 Å². The van der Waals surface area contributed by atoms with E-state index in [4.69, 9.17) is 15.2 Å². The average molecular weight is 479 g/mol. The van der Waals surface area contributed by atoms with Crippen molar-refractivity contribution in [1.29, 1.82) is 5.26 Å². The highest BCUT2D eigenvalue weighted by atomic mass is 15.3. The van der Waals surface area contributed by atoms with Crippen LogP contribution in [0.1, 0.15) is 37.8 Å². The molecule has 2 atom stereocenters. The molecule has 2 aromatic carbocycles. The van der Waals surface area contributed by atoms with Crippen LogP contribution in [0.25, 0.3) is 22.0 Å². The van der Waals surface area contributed by atoms with Gasteiger partial charge in [-0.15, -0.1) is 0 Å². The van der Waals surface area contributed by atoms with E-state index in [2.05, 4.69) is 74.3 Å². The van der Waals surface area contributed by atoms with E-state index in [0.717, 1.165) is 58.7 Å². The number of hydrogen-bond donors (Lipinski definition) is 3. The Labute approximate surface area is 210 Å². The molecule has 2 unspecified atom stereocenters. The summed E-state index contributed by atoms with van der Waals surface area (Å²) in [5.41, 5.74) is 4.15. The zero-order valence-electron chi connectivity index (χ0n) is 20.4. The van der Waals surface area contributed by atoms with Crippen molar-refractivity contribution in [3.05, 3.63) is 60.3 Å². The van der Waals surface area contributed by atoms with Crippen molar-refractivity contribution < 1.29 is 0 Å². The van der Waals surface area contributed by atoms with Crippen LogP contribution in [-0.2, 0) is 0 Å². The lowest BCUT2D eigenvalue weighted by Crippen LogP contribution is -2.47. The fourth-order valence-corrected chi connectivity index (χ4v) is 5.82. The van der Waals surface area contributed by atoms with Gasteiger partial charge in [0.15, 0.2) is 5.82 Å². The highest BCUT2D eigenvalue weighted by Gasteiger charge is 2.40. The largest absolute Gasteiger partial charge is 0.351 e. The van der Waals surface area contributed by atoms with Gasteiger partial charge < -0.3 is 10.6 Å². The number of benzene rings is 2. The molecule has 2 aliphatic heterocycles. The van der Waals surface area contributed by atoms with E-state index >= 15 is 0 Å². The lowest BCUT2D eigenvalue weighted by atomic mass is 9.97. The van der Waals surface area contributed by atoms with Gasteiger partial charge in [-0.25, -0.2) is 4.98 Å². The van der Waals surface area contributed by atoms with Gasteiger partial charge in [0, 0.05) is 48.2 Å². The van der Waals surface area contributed by atoms with Crippen LogP contribution in [0.4, 0.5) is 17.6 Å². The van der Waals surface area contributed by atoms with Crippen molar-refractivity contribution in [2.24, 2.45) is 0 Å². The summed E-state index contributed by atoms with van der Waals surface area (Å²) in [5, 5.41) is 24.4. The molecule has 8 heteroatoms. The van der Waals surface area contributed by atoms with E-state index in [1.165, 1.54) is 12.8 Å². The number of nitrogens with one attached hydrogen (secondary N) is 3. The van der Waals surface area contributed by atoms with Crippen LogP contribution in [-0.4, -0.2) is 49.7 Å². The minimum absolute atomic E-state index is 0.316. The summed E-state index contributed by atoms with van der Waals surface area (Å²) in [7, 11) is 0. The number of anilines is 3. The van der Waals surface area contributed by atoms with Crippen molar-refractivity contribution in [3.63, 3.8) is 0 Å². The summed E-state index contributed by atoms with van der Waals surface area (Å²) in [5.74, 6) is 2.11. The first kappa shape index (κ1) is 22.5. The molecule has 2 fully saturated rings. The number of aryl methyl sites for hydroxylation is 1. The van der Waals surface area contributed by atoms with Gasteiger partial charge in [0.2, 0.25) is 5.95 Å². The van der Waals surface area contributed by atoms with Crippen molar-refractivity contribution in [2.75, 3.05) is 17.2 Å². The number of piperidine rings is 1. The predicted octanol–water partition coefficient (Wildman–Crippen LogP) is 5.39. The molecule has 182 valence electrons. The second-order valence-electron chi connectivity index (χ2n) is 9.90. The molecule has 2 bridgehead atoms. The normalized spacial score (nSPS) is 21.4. The molecule has 0 amide bonds. The first-order valence-corrected chi connectivity index (χ1v) is 12.7. The standard InChI is InChI=1S/C28H30N8/c1-18-14-26(35-34-18)32-27-24-11-8-20(19-6-3-2-4-7-19)15-25(24)31-28(33-27)30-21-16-22-9-10-23(17-21)36(22)13-5-12-29/h2-4,6-8,11,14-15,21-23H,5,9-10,13,16-17H2,1H3,(H3,30,31,32,33,34,35). The molecule has 36 heavy (non-hydrogen) atoms. The molecule has 8 nitrogen and oxygen atoms in total. The third kappa shape index (κ3) is 4.50. The Hall–Kier alpha value is -3.96. The van der Waals surface area contributed by atoms with Gasteiger partial charge in [-0.05, 0) is 55.9 Å². The minimum Gasteiger partial charge on any atom is -0.351 e. The SMILES string of the molecule is Cc1cc(Nc2nc(NC3CC4CCC(C3)N4CCC#N)nc3cc(-c4ccccc4)ccc23)n[nH]1. The van der Waals surface area contributed by atoms with E-state index in [1.54, 1.807) is 0 Å². The van der Waals surface area contributed by atoms with Gasteiger partial charge in [0.05, 0.1) is 11.6 Å². The topological polar surface area (TPSA) is 106 Å². The number of fused-ring (bicyclic) bond motifs is 3. The number of nitrogens with zero attached hydrogens (tertiary/aromatic N) is 5. The highest BCUT2D eigenvalue weighted by Crippen LogP contribution is 2.37. The molecule has 4 heterocycles. The maximum Gasteiger partial charge on any atom is 0.225 e. The zero-order valence-corrected chi connectivity index (χ0v) is 20.4. The monoisotopic (exact) mass is 478 g/mol. The number of aromatic amines is 1. The Kier molecular flexibility index (Phi) is 5.99. The Morgan fingerprint density at radius 3 is 2.56 bits per heavy atom. The van der Waals surface area contributed by atoms with Crippen LogP contribution in [0.2, 0.25) is 0 Å². The zero-order chi connectivity index (χ0) is 24.5. The molecule has 2 aliphatic rings. The summed E-state index contributed by atoms with van der Waals surface area (Å²) in [4.78, 5) is 12.4. The van der Waals surface area contributed by atoms with Crippen LogP contribution in [0.15, 0.2) is 54.6 Å². The molecular formula is C28H30N8. The summed E-state index contributed by atoms with van der Waals surface area (Å²) in [6.45, 7) is 2.86. The third-order valence-corrected chi connectivity index (χ3v) is 7.46. The number of aromatic nitrogens is 4. The second kappa shape index (κ2) is 9.59. The van der Waals surface area contributed by atoms with Gasteiger partial charge in [-0.2, -0.15) is 15.3 Å². The Bertz CT molecular complexity index is 1390. The number of rotatable bonds is 7. The highest BCUT2D eigenvalue weighted by molar-refractivity contribution is 5.94. The van der Waals surface area contributed by atoms with Crippen LogP contribution < -0.4 is 10.6 Å². The number of hydrogen-bond acceptors (Lipinski definition) is 7. The van der Waals surface area contributed by atoms with E-state index in [9.17, 15) is 0 Å². The van der Waals surface area contributed by atoms with E-state index in [0.29, 0.717) is 30.5 Å². The fourth-order valence-electron chi connectivity index (χ4n) is 5.82.